The normalized spacial score (nSPS) is 10.4. The fourth-order valence-corrected chi connectivity index (χ4v) is 1.78. The Labute approximate surface area is 79.2 Å². The molecule has 0 spiro atoms. The van der Waals surface area contributed by atoms with Gasteiger partial charge in [-0.3, -0.25) is 0 Å². The summed E-state index contributed by atoms with van der Waals surface area (Å²) in [6, 6.07) is 4.03. The molecule has 0 aromatic carbocycles. The zero-order valence-corrected chi connectivity index (χ0v) is 7.82. The summed E-state index contributed by atoms with van der Waals surface area (Å²) in [5, 5.41) is 2.03. The highest BCUT2D eigenvalue weighted by Gasteiger charge is 2.02. The van der Waals surface area contributed by atoms with Crippen LogP contribution >= 0.6 is 22.9 Å². The van der Waals surface area contributed by atoms with Crippen LogP contribution in [0.25, 0.3) is 10.7 Å². The van der Waals surface area contributed by atoms with Gasteiger partial charge < -0.3 is 4.98 Å². The first-order valence-electron chi connectivity index (χ1n) is 3.54. The molecule has 2 aromatic heterocycles. The zero-order chi connectivity index (χ0) is 8.39. The lowest BCUT2D eigenvalue weighted by atomic mass is 10.4. The third kappa shape index (κ3) is 1.38. The highest BCUT2D eigenvalue weighted by molar-refractivity contribution is 7.13. The van der Waals surface area contributed by atoms with Crippen LogP contribution in [0.5, 0.6) is 0 Å². The molecule has 2 heterocycles. The Bertz CT molecular complexity index is 353. The molecule has 0 aliphatic carbocycles. The van der Waals surface area contributed by atoms with Crippen molar-refractivity contribution in [1.82, 2.24) is 9.97 Å². The van der Waals surface area contributed by atoms with Gasteiger partial charge >= 0.3 is 0 Å². The van der Waals surface area contributed by atoms with Crippen molar-refractivity contribution in [1.29, 1.82) is 0 Å². The first-order chi connectivity index (χ1) is 5.90. The lowest BCUT2D eigenvalue weighted by Gasteiger charge is -1.87. The van der Waals surface area contributed by atoms with Crippen molar-refractivity contribution in [3.05, 3.63) is 29.4 Å². The smallest absolute Gasteiger partial charge is 0.147 e. The Kier molecular flexibility index (Phi) is 2.15. The molecule has 0 saturated heterocycles. The molecule has 1 N–H and O–H groups in total. The van der Waals surface area contributed by atoms with Crippen LogP contribution in [0.15, 0.2) is 23.7 Å². The molecular weight excluding hydrogens is 192 g/mol. The minimum absolute atomic E-state index is 0.484. The number of nitrogens with one attached hydrogen (secondary N) is 1. The van der Waals surface area contributed by atoms with Gasteiger partial charge in [-0.05, 0) is 11.4 Å². The molecular formula is C8H7ClN2S. The Balaban J connectivity index is 2.35. The van der Waals surface area contributed by atoms with Crippen LogP contribution in [-0.4, -0.2) is 9.97 Å². The molecule has 2 nitrogen and oxygen atoms in total. The maximum atomic E-state index is 5.63. The SMILES string of the molecule is ClCc1cnc(-c2cccs2)[nH]1. The lowest BCUT2D eigenvalue weighted by molar-refractivity contribution is 1.23. The number of hydrogen-bond acceptors (Lipinski definition) is 2. The molecule has 2 aromatic rings. The van der Waals surface area contributed by atoms with Crippen molar-refractivity contribution in [2.24, 2.45) is 0 Å². The van der Waals surface area contributed by atoms with Crippen molar-refractivity contribution in [3.8, 4) is 10.7 Å². The number of hydrogen-bond donors (Lipinski definition) is 1. The van der Waals surface area contributed by atoms with Crippen LogP contribution in [0.1, 0.15) is 5.69 Å². The summed E-state index contributed by atoms with van der Waals surface area (Å²) >= 11 is 7.30. The number of halogens is 1. The predicted molar refractivity (Wildman–Crippen MR) is 51.5 cm³/mol. The minimum atomic E-state index is 0.484. The quantitative estimate of drug-likeness (QED) is 0.739. The van der Waals surface area contributed by atoms with Gasteiger partial charge in [0.05, 0.1) is 10.8 Å². The van der Waals surface area contributed by atoms with E-state index < -0.39 is 0 Å². The van der Waals surface area contributed by atoms with Gasteiger partial charge in [-0.25, -0.2) is 4.98 Å². The van der Waals surface area contributed by atoms with Crippen molar-refractivity contribution in [2.75, 3.05) is 0 Å². The summed E-state index contributed by atoms with van der Waals surface area (Å²) in [4.78, 5) is 8.48. The highest BCUT2D eigenvalue weighted by atomic mass is 35.5. The molecule has 0 amide bonds. The van der Waals surface area contributed by atoms with Crippen LogP contribution < -0.4 is 0 Å². The van der Waals surface area contributed by atoms with Crippen LogP contribution in [0.2, 0.25) is 0 Å². The molecule has 4 heteroatoms. The number of H-pyrrole nitrogens is 1. The summed E-state index contributed by atoms with van der Waals surface area (Å²) in [5.74, 6) is 1.39. The van der Waals surface area contributed by atoms with E-state index in [0.717, 1.165) is 16.4 Å². The number of aromatic amines is 1. The lowest BCUT2D eigenvalue weighted by Crippen LogP contribution is -1.76. The summed E-state index contributed by atoms with van der Waals surface area (Å²) in [7, 11) is 0. The van der Waals surface area contributed by atoms with E-state index in [4.69, 9.17) is 11.6 Å². The Morgan fingerprint density at radius 1 is 1.58 bits per heavy atom. The van der Waals surface area contributed by atoms with Crippen LogP contribution in [0, 0.1) is 0 Å². The van der Waals surface area contributed by atoms with Gasteiger partial charge in [0.2, 0.25) is 0 Å². The third-order valence-corrected chi connectivity index (χ3v) is 2.69. The summed E-state index contributed by atoms with van der Waals surface area (Å²) in [6.45, 7) is 0. The zero-order valence-electron chi connectivity index (χ0n) is 6.25. The first kappa shape index (κ1) is 7.83. The largest absolute Gasteiger partial charge is 0.340 e. The monoisotopic (exact) mass is 198 g/mol. The molecule has 0 aliphatic heterocycles. The summed E-state index contributed by atoms with van der Waals surface area (Å²) < 4.78 is 0. The van der Waals surface area contributed by atoms with Gasteiger partial charge in [-0.2, -0.15) is 0 Å². The number of nitrogens with zero attached hydrogens (tertiary/aromatic N) is 1. The molecule has 0 aliphatic rings. The maximum Gasteiger partial charge on any atom is 0.147 e. The molecule has 0 radical (unpaired) electrons. The molecule has 0 fully saturated rings. The Morgan fingerprint density at radius 3 is 3.08 bits per heavy atom. The van der Waals surface area contributed by atoms with E-state index in [9.17, 15) is 0 Å². The van der Waals surface area contributed by atoms with Crippen molar-refractivity contribution in [3.63, 3.8) is 0 Å². The Morgan fingerprint density at radius 2 is 2.50 bits per heavy atom. The van der Waals surface area contributed by atoms with Gasteiger partial charge in [0.15, 0.2) is 0 Å². The van der Waals surface area contributed by atoms with Gasteiger partial charge in [0, 0.05) is 11.9 Å². The average Bonchev–Trinajstić information content (AvgIpc) is 2.75. The molecule has 0 saturated carbocycles. The van der Waals surface area contributed by atoms with Crippen molar-refractivity contribution >= 4 is 22.9 Å². The second kappa shape index (κ2) is 3.29. The van der Waals surface area contributed by atoms with E-state index in [1.54, 1.807) is 17.5 Å². The Hall–Kier alpha value is -0.800. The average molecular weight is 199 g/mol. The fraction of sp³-hybridized carbons (Fsp3) is 0.125. The van der Waals surface area contributed by atoms with Crippen molar-refractivity contribution < 1.29 is 0 Å². The van der Waals surface area contributed by atoms with Gasteiger partial charge in [-0.1, -0.05) is 6.07 Å². The minimum Gasteiger partial charge on any atom is -0.340 e. The topological polar surface area (TPSA) is 28.7 Å². The fourth-order valence-electron chi connectivity index (χ4n) is 0.966. The third-order valence-electron chi connectivity index (χ3n) is 1.53. The second-order valence-corrected chi connectivity index (χ2v) is 3.58. The van der Waals surface area contributed by atoms with E-state index in [0.29, 0.717) is 5.88 Å². The van der Waals surface area contributed by atoms with Crippen LogP contribution in [0.4, 0.5) is 0 Å². The van der Waals surface area contributed by atoms with Gasteiger partial charge in [0.1, 0.15) is 5.82 Å². The number of aromatic nitrogens is 2. The number of imidazole rings is 1. The van der Waals surface area contributed by atoms with Crippen LogP contribution in [0.3, 0.4) is 0 Å². The summed E-state index contributed by atoms with van der Waals surface area (Å²) in [6.07, 6.45) is 1.77. The second-order valence-electron chi connectivity index (χ2n) is 2.37. The molecule has 0 unspecified atom stereocenters. The molecule has 0 atom stereocenters. The van der Waals surface area contributed by atoms with E-state index in [1.165, 1.54) is 0 Å². The standard InChI is InChI=1S/C8H7ClN2S/c9-4-6-5-10-8(11-6)7-2-1-3-12-7/h1-3,5H,4H2,(H,10,11). The van der Waals surface area contributed by atoms with Crippen molar-refractivity contribution in [2.45, 2.75) is 5.88 Å². The van der Waals surface area contributed by atoms with E-state index in [2.05, 4.69) is 9.97 Å². The summed E-state index contributed by atoms with van der Waals surface area (Å²) in [5.41, 5.74) is 0.958. The molecule has 0 bridgehead atoms. The molecule has 12 heavy (non-hydrogen) atoms. The van der Waals surface area contributed by atoms with Gasteiger partial charge in [0.25, 0.3) is 0 Å². The number of rotatable bonds is 2. The number of alkyl halides is 1. The predicted octanol–water partition coefficient (Wildman–Crippen LogP) is 2.88. The highest BCUT2D eigenvalue weighted by Crippen LogP contribution is 2.21. The van der Waals surface area contributed by atoms with Crippen LogP contribution in [-0.2, 0) is 5.88 Å². The van der Waals surface area contributed by atoms with E-state index in [-0.39, 0.29) is 0 Å². The first-order valence-corrected chi connectivity index (χ1v) is 4.95. The van der Waals surface area contributed by atoms with E-state index >= 15 is 0 Å². The maximum absolute atomic E-state index is 5.63. The number of thiophene rings is 1. The molecule has 2 rings (SSSR count). The van der Waals surface area contributed by atoms with E-state index in [1.807, 2.05) is 17.5 Å². The van der Waals surface area contributed by atoms with Gasteiger partial charge in [-0.15, -0.1) is 22.9 Å². The molecule has 62 valence electrons.